The zero-order valence-electron chi connectivity index (χ0n) is 11.6. The Kier molecular flexibility index (Phi) is 4.62. The highest BCUT2D eigenvalue weighted by Gasteiger charge is 2.34. The van der Waals surface area contributed by atoms with Crippen LogP contribution in [0.2, 0.25) is 0 Å². The summed E-state index contributed by atoms with van der Waals surface area (Å²) in [5, 5.41) is 6.79. The number of esters is 1. The van der Waals surface area contributed by atoms with E-state index in [2.05, 4.69) is 10.6 Å². The third-order valence-electron chi connectivity index (χ3n) is 3.99. The lowest BCUT2D eigenvalue weighted by Crippen LogP contribution is -2.55. The number of nitrogens with one attached hydrogen (secondary N) is 2. The molecule has 1 saturated carbocycles. The standard InChI is InChI=1S/C14H26N2O2/c1-14(2,16-11-7-9-15-10-8-11)13(17)18-12-5-3-4-6-12/h11-12,15-16H,3-10H2,1-2H3. The van der Waals surface area contributed by atoms with Crippen LogP contribution in [0.15, 0.2) is 0 Å². The molecule has 2 aliphatic rings. The van der Waals surface area contributed by atoms with Gasteiger partial charge in [0, 0.05) is 6.04 Å². The van der Waals surface area contributed by atoms with Gasteiger partial charge in [-0.15, -0.1) is 0 Å². The van der Waals surface area contributed by atoms with Crippen molar-refractivity contribution in [2.75, 3.05) is 13.1 Å². The van der Waals surface area contributed by atoms with Crippen molar-refractivity contribution in [2.45, 2.75) is 70.1 Å². The minimum Gasteiger partial charge on any atom is -0.461 e. The number of carbonyl (C=O) groups excluding carboxylic acids is 1. The van der Waals surface area contributed by atoms with Crippen molar-refractivity contribution in [3.8, 4) is 0 Å². The molecule has 0 amide bonds. The highest BCUT2D eigenvalue weighted by Crippen LogP contribution is 2.23. The second kappa shape index (κ2) is 6.02. The summed E-state index contributed by atoms with van der Waals surface area (Å²) in [7, 11) is 0. The summed E-state index contributed by atoms with van der Waals surface area (Å²) in [6.07, 6.45) is 6.79. The smallest absolute Gasteiger partial charge is 0.326 e. The Bertz CT molecular complexity index is 280. The van der Waals surface area contributed by atoms with E-state index in [0.717, 1.165) is 38.8 Å². The summed E-state index contributed by atoms with van der Waals surface area (Å²) in [4.78, 5) is 12.2. The number of rotatable bonds is 4. The van der Waals surface area contributed by atoms with Crippen molar-refractivity contribution in [3.63, 3.8) is 0 Å². The van der Waals surface area contributed by atoms with Crippen LogP contribution in [-0.2, 0) is 9.53 Å². The molecule has 1 saturated heterocycles. The molecule has 0 radical (unpaired) electrons. The molecule has 0 bridgehead atoms. The van der Waals surface area contributed by atoms with Crippen molar-refractivity contribution in [2.24, 2.45) is 0 Å². The molecule has 2 N–H and O–H groups in total. The summed E-state index contributed by atoms with van der Waals surface area (Å²) in [5.74, 6) is -0.0899. The van der Waals surface area contributed by atoms with Gasteiger partial charge in [0.2, 0.25) is 0 Å². The minimum atomic E-state index is -0.565. The van der Waals surface area contributed by atoms with Crippen LogP contribution in [0.4, 0.5) is 0 Å². The average molecular weight is 254 g/mol. The Morgan fingerprint density at radius 1 is 1.17 bits per heavy atom. The Morgan fingerprint density at radius 2 is 1.78 bits per heavy atom. The number of carbonyl (C=O) groups is 1. The Labute approximate surface area is 110 Å². The lowest BCUT2D eigenvalue weighted by atomic mass is 9.99. The van der Waals surface area contributed by atoms with Crippen molar-refractivity contribution in [1.82, 2.24) is 10.6 Å². The van der Waals surface area contributed by atoms with Crippen LogP contribution in [-0.4, -0.2) is 36.7 Å². The van der Waals surface area contributed by atoms with Gasteiger partial charge in [-0.25, -0.2) is 0 Å². The molecule has 1 aliphatic carbocycles. The SMILES string of the molecule is CC(C)(NC1CCNCC1)C(=O)OC1CCCC1. The van der Waals surface area contributed by atoms with E-state index in [4.69, 9.17) is 4.74 Å². The molecule has 0 aromatic rings. The lowest BCUT2D eigenvalue weighted by molar-refractivity contribution is -0.156. The summed E-state index contributed by atoms with van der Waals surface area (Å²) in [6.45, 7) is 5.94. The van der Waals surface area contributed by atoms with Crippen LogP contribution >= 0.6 is 0 Å². The van der Waals surface area contributed by atoms with Gasteiger partial charge in [0.15, 0.2) is 0 Å². The molecule has 18 heavy (non-hydrogen) atoms. The van der Waals surface area contributed by atoms with Gasteiger partial charge in [-0.3, -0.25) is 10.1 Å². The fourth-order valence-corrected chi connectivity index (χ4v) is 2.84. The minimum absolute atomic E-state index is 0.0899. The summed E-state index contributed by atoms with van der Waals surface area (Å²) < 4.78 is 5.60. The lowest BCUT2D eigenvalue weighted by Gasteiger charge is -2.33. The molecule has 4 heteroatoms. The van der Waals surface area contributed by atoms with Crippen molar-refractivity contribution >= 4 is 5.97 Å². The second-order valence-electron chi connectivity index (χ2n) is 6.11. The van der Waals surface area contributed by atoms with Crippen LogP contribution in [0, 0.1) is 0 Å². The first-order chi connectivity index (χ1) is 8.58. The molecule has 0 aromatic carbocycles. The van der Waals surface area contributed by atoms with Gasteiger partial charge in [0.05, 0.1) is 0 Å². The van der Waals surface area contributed by atoms with Crippen molar-refractivity contribution < 1.29 is 9.53 Å². The maximum Gasteiger partial charge on any atom is 0.326 e. The molecule has 4 nitrogen and oxygen atoms in total. The maximum atomic E-state index is 12.2. The Morgan fingerprint density at radius 3 is 2.39 bits per heavy atom. The normalized spacial score (nSPS) is 23.2. The topological polar surface area (TPSA) is 50.4 Å². The number of hydrogen-bond donors (Lipinski definition) is 2. The maximum absolute atomic E-state index is 12.2. The van der Waals surface area contributed by atoms with Gasteiger partial charge in [-0.1, -0.05) is 0 Å². The van der Waals surface area contributed by atoms with Gasteiger partial charge in [-0.2, -0.15) is 0 Å². The Hall–Kier alpha value is -0.610. The first kappa shape index (κ1) is 13.8. The van der Waals surface area contributed by atoms with E-state index in [1.807, 2.05) is 13.8 Å². The number of hydrogen-bond acceptors (Lipinski definition) is 4. The predicted octanol–water partition coefficient (Wildman–Crippen LogP) is 1.59. The molecular weight excluding hydrogens is 228 g/mol. The van der Waals surface area contributed by atoms with Crippen molar-refractivity contribution in [1.29, 1.82) is 0 Å². The van der Waals surface area contributed by atoms with Gasteiger partial charge in [-0.05, 0) is 65.5 Å². The van der Waals surface area contributed by atoms with Crippen molar-refractivity contribution in [3.05, 3.63) is 0 Å². The highest BCUT2D eigenvalue weighted by atomic mass is 16.5. The van der Waals surface area contributed by atoms with E-state index in [9.17, 15) is 4.79 Å². The van der Waals surface area contributed by atoms with E-state index in [0.29, 0.717) is 6.04 Å². The van der Waals surface area contributed by atoms with E-state index in [1.165, 1.54) is 12.8 Å². The van der Waals surface area contributed by atoms with Crippen LogP contribution in [0.3, 0.4) is 0 Å². The third kappa shape index (κ3) is 3.69. The van der Waals surface area contributed by atoms with E-state index < -0.39 is 5.54 Å². The quantitative estimate of drug-likeness (QED) is 0.748. The molecule has 2 rings (SSSR count). The van der Waals surface area contributed by atoms with E-state index >= 15 is 0 Å². The first-order valence-corrected chi connectivity index (χ1v) is 7.27. The van der Waals surface area contributed by atoms with Crippen LogP contribution in [0.25, 0.3) is 0 Å². The summed E-state index contributed by atoms with van der Waals surface area (Å²) >= 11 is 0. The summed E-state index contributed by atoms with van der Waals surface area (Å²) in [5.41, 5.74) is -0.565. The monoisotopic (exact) mass is 254 g/mol. The zero-order valence-corrected chi connectivity index (χ0v) is 11.6. The zero-order chi connectivity index (χ0) is 13.0. The fourth-order valence-electron chi connectivity index (χ4n) is 2.84. The molecule has 104 valence electrons. The predicted molar refractivity (Wildman–Crippen MR) is 71.5 cm³/mol. The molecule has 2 fully saturated rings. The molecule has 0 unspecified atom stereocenters. The fraction of sp³-hybridized carbons (Fsp3) is 0.929. The highest BCUT2D eigenvalue weighted by molar-refractivity contribution is 5.80. The molecular formula is C14H26N2O2. The molecule has 1 heterocycles. The third-order valence-corrected chi connectivity index (χ3v) is 3.99. The number of ether oxygens (including phenoxy) is 1. The van der Waals surface area contributed by atoms with Gasteiger partial charge in [0.25, 0.3) is 0 Å². The van der Waals surface area contributed by atoms with Crippen LogP contribution < -0.4 is 10.6 Å². The Balaban J connectivity index is 1.81. The van der Waals surface area contributed by atoms with Crippen LogP contribution in [0.5, 0.6) is 0 Å². The van der Waals surface area contributed by atoms with Crippen LogP contribution in [0.1, 0.15) is 52.4 Å². The van der Waals surface area contributed by atoms with E-state index in [1.54, 1.807) is 0 Å². The van der Waals surface area contributed by atoms with E-state index in [-0.39, 0.29) is 12.1 Å². The first-order valence-electron chi connectivity index (χ1n) is 7.27. The van der Waals surface area contributed by atoms with Gasteiger partial charge >= 0.3 is 5.97 Å². The van der Waals surface area contributed by atoms with Gasteiger partial charge < -0.3 is 10.1 Å². The molecule has 1 aliphatic heterocycles. The molecule has 0 atom stereocenters. The second-order valence-corrected chi connectivity index (χ2v) is 6.11. The summed E-state index contributed by atoms with van der Waals surface area (Å²) in [6, 6.07) is 0.428. The average Bonchev–Trinajstić information content (AvgIpc) is 2.82. The molecule has 0 spiro atoms. The number of piperidine rings is 1. The largest absolute Gasteiger partial charge is 0.461 e. The molecule has 0 aromatic heterocycles. The van der Waals surface area contributed by atoms with Gasteiger partial charge in [0.1, 0.15) is 11.6 Å².